The Hall–Kier alpha value is -2.20. The summed E-state index contributed by atoms with van der Waals surface area (Å²) in [4.78, 5) is 0. The monoisotopic (exact) mass is 348 g/mol. The SMILES string of the molecule is [2H]C([2H])(CCC([2H])([2H])C(O)COc1cccc(C)c1)c1ccc(OC)c(OC)c1. The maximum Gasteiger partial charge on any atom is 0.160 e. The highest BCUT2D eigenvalue weighted by Gasteiger charge is 2.07. The Balaban J connectivity index is 2.00. The minimum atomic E-state index is -2.01. The Kier molecular flexibility index (Phi) is 5.58. The number of methoxy groups -OCH3 is 2. The Labute approximate surface area is 156 Å². The highest BCUT2D eigenvalue weighted by Crippen LogP contribution is 2.28. The molecule has 0 saturated carbocycles. The molecule has 0 bridgehead atoms. The lowest BCUT2D eigenvalue weighted by Gasteiger charge is -2.13. The first-order valence-electron chi connectivity index (χ1n) is 10.2. The van der Waals surface area contributed by atoms with Crippen LogP contribution in [0.4, 0.5) is 0 Å². The van der Waals surface area contributed by atoms with Gasteiger partial charge in [-0.15, -0.1) is 0 Å². The third-order valence-electron chi connectivity index (χ3n) is 3.62. The number of aliphatic hydroxyl groups excluding tert-OH is 1. The smallest absolute Gasteiger partial charge is 0.160 e. The van der Waals surface area contributed by atoms with Crippen LogP contribution in [-0.2, 0) is 6.37 Å². The van der Waals surface area contributed by atoms with Gasteiger partial charge in [0.1, 0.15) is 12.4 Å². The Morgan fingerprint density at radius 3 is 2.56 bits per heavy atom. The van der Waals surface area contributed by atoms with Crippen molar-refractivity contribution in [1.82, 2.24) is 0 Å². The van der Waals surface area contributed by atoms with Gasteiger partial charge < -0.3 is 19.3 Å². The normalized spacial score (nSPS) is 15.4. The van der Waals surface area contributed by atoms with Crippen LogP contribution < -0.4 is 14.2 Å². The van der Waals surface area contributed by atoms with E-state index in [-0.39, 0.29) is 19.4 Å². The number of ether oxygens (including phenoxy) is 3. The number of rotatable bonds is 10. The van der Waals surface area contributed by atoms with Crippen molar-refractivity contribution in [3.63, 3.8) is 0 Å². The second-order valence-electron chi connectivity index (χ2n) is 5.59. The van der Waals surface area contributed by atoms with E-state index in [0.29, 0.717) is 22.8 Å². The molecular formula is C21H28O4. The second-order valence-corrected chi connectivity index (χ2v) is 5.59. The molecule has 2 rings (SSSR count). The van der Waals surface area contributed by atoms with Crippen LogP contribution in [0.5, 0.6) is 17.2 Å². The zero-order chi connectivity index (χ0) is 21.7. The van der Waals surface area contributed by atoms with Crippen LogP contribution >= 0.6 is 0 Å². The molecule has 2 aromatic rings. The lowest BCUT2D eigenvalue weighted by atomic mass is 10.0. The summed E-state index contributed by atoms with van der Waals surface area (Å²) in [6.45, 7) is 1.70. The molecule has 0 aliphatic heterocycles. The Bertz CT molecular complexity index is 811. The topological polar surface area (TPSA) is 47.9 Å². The largest absolute Gasteiger partial charge is 0.493 e. The van der Waals surface area contributed by atoms with E-state index in [1.54, 1.807) is 30.3 Å². The molecule has 2 aromatic carbocycles. The summed E-state index contributed by atoms with van der Waals surface area (Å²) >= 11 is 0. The molecule has 0 aliphatic rings. The molecule has 25 heavy (non-hydrogen) atoms. The van der Waals surface area contributed by atoms with Crippen molar-refractivity contribution in [2.45, 2.75) is 38.6 Å². The number of hydrogen-bond donors (Lipinski definition) is 1. The van der Waals surface area contributed by atoms with Crippen LogP contribution in [0.2, 0.25) is 0 Å². The summed E-state index contributed by atoms with van der Waals surface area (Å²) < 4.78 is 48.9. The molecule has 0 aromatic heterocycles. The fourth-order valence-electron chi connectivity index (χ4n) is 2.33. The van der Waals surface area contributed by atoms with Crippen molar-refractivity contribution in [1.29, 1.82) is 0 Å². The molecule has 0 heterocycles. The first kappa shape index (κ1) is 14.0. The summed E-state index contributed by atoms with van der Waals surface area (Å²) in [6.07, 6.45) is -5.48. The van der Waals surface area contributed by atoms with Gasteiger partial charge in [0.25, 0.3) is 0 Å². The fourth-order valence-corrected chi connectivity index (χ4v) is 2.33. The molecule has 0 aliphatic carbocycles. The van der Waals surface area contributed by atoms with E-state index in [1.807, 2.05) is 19.1 Å². The molecule has 136 valence electrons. The van der Waals surface area contributed by atoms with Gasteiger partial charge in [-0.25, -0.2) is 0 Å². The van der Waals surface area contributed by atoms with Gasteiger partial charge in [-0.3, -0.25) is 0 Å². The van der Waals surface area contributed by atoms with Crippen molar-refractivity contribution in [2.75, 3.05) is 20.8 Å². The lowest BCUT2D eigenvalue weighted by molar-refractivity contribution is 0.0976. The molecule has 4 nitrogen and oxygen atoms in total. The molecule has 0 amide bonds. The first-order chi connectivity index (χ1) is 13.6. The van der Waals surface area contributed by atoms with Crippen LogP contribution in [0.15, 0.2) is 42.5 Å². The zero-order valence-electron chi connectivity index (χ0n) is 18.9. The quantitative estimate of drug-likeness (QED) is 0.700. The average Bonchev–Trinajstić information content (AvgIpc) is 2.70. The molecule has 0 saturated heterocycles. The van der Waals surface area contributed by atoms with Crippen molar-refractivity contribution >= 4 is 0 Å². The minimum absolute atomic E-state index is 0.114. The van der Waals surface area contributed by atoms with E-state index in [4.69, 9.17) is 19.7 Å². The number of aliphatic hydroxyl groups is 1. The summed E-state index contributed by atoms with van der Waals surface area (Å²) in [5.41, 5.74) is 1.36. The molecule has 1 N–H and O–H groups in total. The Morgan fingerprint density at radius 2 is 1.84 bits per heavy atom. The van der Waals surface area contributed by atoms with Gasteiger partial charge in [-0.1, -0.05) is 24.6 Å². The predicted molar refractivity (Wildman–Crippen MR) is 99.8 cm³/mol. The van der Waals surface area contributed by atoms with Crippen molar-refractivity contribution in [3.05, 3.63) is 53.6 Å². The van der Waals surface area contributed by atoms with E-state index in [2.05, 4.69) is 0 Å². The van der Waals surface area contributed by atoms with Crippen molar-refractivity contribution < 1.29 is 24.8 Å². The summed E-state index contributed by atoms with van der Waals surface area (Å²) in [5.74, 6) is 1.45. The van der Waals surface area contributed by atoms with E-state index in [0.717, 1.165) is 5.56 Å². The van der Waals surface area contributed by atoms with Crippen LogP contribution in [0.1, 0.15) is 35.8 Å². The van der Waals surface area contributed by atoms with Crippen molar-refractivity contribution in [2.24, 2.45) is 0 Å². The minimum Gasteiger partial charge on any atom is -0.493 e. The number of hydrogen-bond acceptors (Lipinski definition) is 4. The van der Waals surface area contributed by atoms with Crippen molar-refractivity contribution in [3.8, 4) is 17.2 Å². The van der Waals surface area contributed by atoms with Crippen LogP contribution in [-0.4, -0.2) is 32.0 Å². The fraction of sp³-hybridized carbons (Fsp3) is 0.429. The summed E-state index contributed by atoms with van der Waals surface area (Å²) in [6, 6.07) is 12.0. The third kappa shape index (κ3) is 6.31. The van der Waals surface area contributed by atoms with E-state index in [1.165, 1.54) is 14.2 Å². The molecule has 1 atom stereocenters. The predicted octanol–water partition coefficient (Wildman–Crippen LogP) is 4.16. The zero-order valence-corrected chi connectivity index (χ0v) is 14.9. The molecule has 1 unspecified atom stereocenters. The molecule has 4 heteroatoms. The molecular weight excluding hydrogens is 316 g/mol. The summed E-state index contributed by atoms with van der Waals surface area (Å²) in [7, 11) is 2.97. The van der Waals surface area contributed by atoms with Crippen LogP contribution in [0.3, 0.4) is 0 Å². The maximum absolute atomic E-state index is 10.3. The van der Waals surface area contributed by atoms with Gasteiger partial charge in [0.15, 0.2) is 11.5 Å². The van der Waals surface area contributed by atoms with Gasteiger partial charge in [0.2, 0.25) is 0 Å². The van der Waals surface area contributed by atoms with Gasteiger partial charge in [0, 0.05) is 5.48 Å². The van der Waals surface area contributed by atoms with Gasteiger partial charge in [-0.2, -0.15) is 0 Å². The maximum atomic E-state index is 10.3. The second kappa shape index (κ2) is 9.94. The van der Waals surface area contributed by atoms with Gasteiger partial charge >= 0.3 is 0 Å². The molecule has 0 spiro atoms. The highest BCUT2D eigenvalue weighted by atomic mass is 16.5. The standard InChI is InChI=1S/C21H28O4/c1-16-7-6-10-19(13-16)25-15-18(22)9-5-4-8-17-11-12-20(23-2)21(14-17)24-3/h6-7,10-14,18,22H,4-5,8-9,15H2,1-3H3/i8D2,9D2. The van der Waals surface area contributed by atoms with Crippen LogP contribution in [0, 0.1) is 6.92 Å². The summed E-state index contributed by atoms with van der Waals surface area (Å²) in [5, 5.41) is 10.3. The van der Waals surface area contributed by atoms with Crippen LogP contribution in [0.25, 0.3) is 0 Å². The van der Waals surface area contributed by atoms with E-state index >= 15 is 0 Å². The lowest BCUT2D eigenvalue weighted by Crippen LogP contribution is -2.17. The van der Waals surface area contributed by atoms with Gasteiger partial charge in [-0.05, 0) is 61.5 Å². The third-order valence-corrected chi connectivity index (χ3v) is 3.62. The van der Waals surface area contributed by atoms with E-state index < -0.39 is 18.8 Å². The number of benzene rings is 2. The van der Waals surface area contributed by atoms with E-state index in [9.17, 15) is 5.11 Å². The highest BCUT2D eigenvalue weighted by molar-refractivity contribution is 5.42. The first-order valence-corrected chi connectivity index (χ1v) is 8.19. The molecule has 0 radical (unpaired) electrons. The Morgan fingerprint density at radius 1 is 1.04 bits per heavy atom. The van der Waals surface area contributed by atoms with Gasteiger partial charge in [0.05, 0.1) is 20.3 Å². The average molecular weight is 348 g/mol. The number of aryl methyl sites for hydroxylation is 2. The molecule has 0 fully saturated rings.